The van der Waals surface area contributed by atoms with Crippen molar-refractivity contribution in [2.75, 3.05) is 29.7 Å². The van der Waals surface area contributed by atoms with Gasteiger partial charge in [-0.2, -0.15) is 0 Å². The molecule has 136 valence electrons. The SMILES string of the molecule is Cn1cnc2cc(N=Cc3ccc(N(CCCl)CCCl)cc3F)ccc21. The minimum absolute atomic E-state index is 0.334. The molecule has 0 aliphatic rings. The van der Waals surface area contributed by atoms with Crippen molar-refractivity contribution in [1.82, 2.24) is 9.55 Å². The monoisotopic (exact) mass is 392 g/mol. The van der Waals surface area contributed by atoms with Crippen molar-refractivity contribution in [3.05, 3.63) is 54.1 Å². The largest absolute Gasteiger partial charge is 0.369 e. The van der Waals surface area contributed by atoms with E-state index in [9.17, 15) is 4.39 Å². The molecule has 0 radical (unpaired) electrons. The Morgan fingerprint density at radius 1 is 1.15 bits per heavy atom. The Kier molecular flexibility index (Phi) is 6.12. The van der Waals surface area contributed by atoms with E-state index in [0.717, 1.165) is 22.4 Å². The van der Waals surface area contributed by atoms with Gasteiger partial charge in [-0.1, -0.05) is 0 Å². The first kappa shape index (κ1) is 18.7. The zero-order chi connectivity index (χ0) is 18.5. The Labute approximate surface area is 161 Å². The highest BCUT2D eigenvalue weighted by Crippen LogP contribution is 2.21. The molecule has 0 atom stereocenters. The topological polar surface area (TPSA) is 33.4 Å². The minimum Gasteiger partial charge on any atom is -0.369 e. The van der Waals surface area contributed by atoms with Crippen LogP contribution in [-0.2, 0) is 7.05 Å². The van der Waals surface area contributed by atoms with E-state index in [-0.39, 0.29) is 5.82 Å². The third kappa shape index (κ3) is 4.17. The lowest BCUT2D eigenvalue weighted by atomic mass is 10.2. The summed E-state index contributed by atoms with van der Waals surface area (Å²) in [5.41, 5.74) is 3.79. The van der Waals surface area contributed by atoms with Crippen molar-refractivity contribution in [3.63, 3.8) is 0 Å². The second kappa shape index (κ2) is 8.52. The van der Waals surface area contributed by atoms with Crippen LogP contribution in [0.4, 0.5) is 15.8 Å². The van der Waals surface area contributed by atoms with Crippen LogP contribution in [0.2, 0.25) is 0 Å². The van der Waals surface area contributed by atoms with Gasteiger partial charge in [0.1, 0.15) is 5.82 Å². The zero-order valence-electron chi connectivity index (χ0n) is 14.4. The van der Waals surface area contributed by atoms with Crippen molar-refractivity contribution in [2.45, 2.75) is 0 Å². The van der Waals surface area contributed by atoms with Gasteiger partial charge in [-0.05, 0) is 36.4 Å². The molecule has 4 nitrogen and oxygen atoms in total. The number of imidazole rings is 1. The molecular formula is C19H19Cl2FN4. The molecule has 3 aromatic rings. The molecule has 1 heterocycles. The van der Waals surface area contributed by atoms with E-state index >= 15 is 0 Å². The van der Waals surface area contributed by atoms with E-state index < -0.39 is 0 Å². The molecule has 0 saturated heterocycles. The van der Waals surface area contributed by atoms with Gasteiger partial charge < -0.3 is 9.47 Å². The van der Waals surface area contributed by atoms with Gasteiger partial charge in [-0.3, -0.25) is 4.99 Å². The van der Waals surface area contributed by atoms with Crippen molar-refractivity contribution in [1.29, 1.82) is 0 Å². The van der Waals surface area contributed by atoms with Gasteiger partial charge in [0.15, 0.2) is 0 Å². The highest BCUT2D eigenvalue weighted by atomic mass is 35.5. The number of aryl methyl sites for hydroxylation is 1. The van der Waals surface area contributed by atoms with E-state index in [1.165, 1.54) is 12.3 Å². The molecular weight excluding hydrogens is 374 g/mol. The summed E-state index contributed by atoms with van der Waals surface area (Å²) in [6.07, 6.45) is 3.28. The van der Waals surface area contributed by atoms with Crippen LogP contribution in [0.5, 0.6) is 0 Å². The summed E-state index contributed by atoms with van der Waals surface area (Å²) in [5.74, 6) is 0.578. The number of aliphatic imine (C=N–C) groups is 1. The van der Waals surface area contributed by atoms with E-state index in [1.807, 2.05) is 40.8 Å². The number of nitrogens with zero attached hydrogens (tertiary/aromatic N) is 4. The molecule has 0 unspecified atom stereocenters. The molecule has 0 amide bonds. The molecule has 0 aliphatic heterocycles. The van der Waals surface area contributed by atoms with Crippen molar-refractivity contribution in [2.24, 2.45) is 12.0 Å². The van der Waals surface area contributed by atoms with Crippen molar-refractivity contribution < 1.29 is 4.39 Å². The maximum absolute atomic E-state index is 14.5. The lowest BCUT2D eigenvalue weighted by molar-refractivity contribution is 0.625. The first-order valence-electron chi connectivity index (χ1n) is 8.24. The van der Waals surface area contributed by atoms with E-state index in [2.05, 4.69) is 9.98 Å². The average molecular weight is 393 g/mol. The number of halogens is 3. The van der Waals surface area contributed by atoms with Crippen LogP contribution in [0.15, 0.2) is 47.7 Å². The highest BCUT2D eigenvalue weighted by molar-refractivity contribution is 6.18. The maximum Gasteiger partial charge on any atom is 0.134 e. The predicted octanol–water partition coefficient (Wildman–Crippen LogP) is 4.75. The summed E-state index contributed by atoms with van der Waals surface area (Å²) in [4.78, 5) is 10.6. The molecule has 2 aromatic carbocycles. The minimum atomic E-state index is -0.334. The van der Waals surface area contributed by atoms with Crippen molar-refractivity contribution >= 4 is 51.8 Å². The number of aromatic nitrogens is 2. The fourth-order valence-corrected chi connectivity index (χ4v) is 3.15. The molecule has 26 heavy (non-hydrogen) atoms. The number of anilines is 1. The lowest BCUT2D eigenvalue weighted by Gasteiger charge is -2.23. The van der Waals surface area contributed by atoms with Gasteiger partial charge in [-0.25, -0.2) is 9.37 Å². The molecule has 0 fully saturated rings. The Balaban J connectivity index is 1.81. The summed E-state index contributed by atoms with van der Waals surface area (Å²) < 4.78 is 16.4. The third-order valence-corrected chi connectivity index (χ3v) is 4.46. The fourth-order valence-electron chi connectivity index (χ4n) is 2.74. The van der Waals surface area contributed by atoms with Crippen LogP contribution in [0.1, 0.15) is 5.56 Å². The summed E-state index contributed by atoms with van der Waals surface area (Å²) in [7, 11) is 1.94. The van der Waals surface area contributed by atoms with Crippen LogP contribution >= 0.6 is 23.2 Å². The van der Waals surface area contributed by atoms with Gasteiger partial charge >= 0.3 is 0 Å². The quantitative estimate of drug-likeness (QED) is 0.429. The lowest BCUT2D eigenvalue weighted by Crippen LogP contribution is -2.27. The zero-order valence-corrected chi connectivity index (χ0v) is 15.9. The van der Waals surface area contributed by atoms with Gasteiger partial charge in [0.25, 0.3) is 0 Å². The highest BCUT2D eigenvalue weighted by Gasteiger charge is 2.09. The van der Waals surface area contributed by atoms with Gasteiger partial charge in [0.05, 0.1) is 23.0 Å². The normalized spacial score (nSPS) is 11.5. The molecule has 3 rings (SSSR count). The summed E-state index contributed by atoms with van der Waals surface area (Å²) in [6, 6.07) is 10.8. The third-order valence-electron chi connectivity index (χ3n) is 4.12. The Hall–Kier alpha value is -2.11. The van der Waals surface area contributed by atoms with Crippen LogP contribution in [0.3, 0.4) is 0 Å². The number of alkyl halides is 2. The maximum atomic E-state index is 14.5. The Morgan fingerprint density at radius 3 is 2.62 bits per heavy atom. The molecule has 0 N–H and O–H groups in total. The molecule has 0 bridgehead atoms. The second-order valence-corrected chi connectivity index (χ2v) is 6.61. The fraction of sp³-hybridized carbons (Fsp3) is 0.263. The number of hydrogen-bond donors (Lipinski definition) is 0. The van der Waals surface area contributed by atoms with E-state index in [0.29, 0.717) is 30.4 Å². The predicted molar refractivity (Wildman–Crippen MR) is 108 cm³/mol. The van der Waals surface area contributed by atoms with Crippen LogP contribution in [0.25, 0.3) is 11.0 Å². The average Bonchev–Trinajstić information content (AvgIpc) is 3.01. The first-order chi connectivity index (χ1) is 12.6. The van der Waals surface area contributed by atoms with Crippen LogP contribution in [-0.4, -0.2) is 40.6 Å². The van der Waals surface area contributed by atoms with Crippen LogP contribution < -0.4 is 4.90 Å². The van der Waals surface area contributed by atoms with Gasteiger partial charge in [0, 0.05) is 49.4 Å². The summed E-state index contributed by atoms with van der Waals surface area (Å²) in [6.45, 7) is 1.23. The number of hydrogen-bond acceptors (Lipinski definition) is 3. The second-order valence-electron chi connectivity index (χ2n) is 5.86. The van der Waals surface area contributed by atoms with E-state index in [4.69, 9.17) is 23.2 Å². The van der Waals surface area contributed by atoms with Crippen molar-refractivity contribution in [3.8, 4) is 0 Å². The number of benzene rings is 2. The molecule has 0 spiro atoms. The smallest absolute Gasteiger partial charge is 0.134 e. The molecule has 0 saturated carbocycles. The van der Waals surface area contributed by atoms with E-state index in [1.54, 1.807) is 12.4 Å². The standard InChI is InChI=1S/C19H19Cl2FN4/c1-25-13-24-18-10-15(3-5-19(18)25)23-12-14-2-4-16(11-17(14)22)26(8-6-20)9-7-21/h2-5,10-13H,6-9H2,1H3. The molecule has 1 aromatic heterocycles. The summed E-state index contributed by atoms with van der Waals surface area (Å²) in [5, 5.41) is 0. The molecule has 7 heteroatoms. The molecule has 0 aliphatic carbocycles. The van der Waals surface area contributed by atoms with Gasteiger partial charge in [-0.15, -0.1) is 23.2 Å². The van der Waals surface area contributed by atoms with Crippen LogP contribution in [0, 0.1) is 5.82 Å². The van der Waals surface area contributed by atoms with Gasteiger partial charge in [0.2, 0.25) is 0 Å². The number of fused-ring (bicyclic) bond motifs is 1. The Morgan fingerprint density at radius 2 is 1.92 bits per heavy atom. The summed E-state index contributed by atoms with van der Waals surface area (Å²) >= 11 is 11.6. The Bertz CT molecular complexity index is 917. The number of rotatable bonds is 7. The first-order valence-corrected chi connectivity index (χ1v) is 9.31.